The summed E-state index contributed by atoms with van der Waals surface area (Å²) < 4.78 is 16.8. The van der Waals surface area contributed by atoms with Crippen molar-refractivity contribution in [2.75, 3.05) is 18.1 Å². The van der Waals surface area contributed by atoms with Crippen molar-refractivity contribution in [1.29, 1.82) is 0 Å². The van der Waals surface area contributed by atoms with Gasteiger partial charge in [0.05, 0.1) is 22.3 Å². The second kappa shape index (κ2) is 9.39. The van der Waals surface area contributed by atoms with Gasteiger partial charge in [0, 0.05) is 24.8 Å². The van der Waals surface area contributed by atoms with Gasteiger partial charge >= 0.3 is 5.82 Å². The zero-order chi connectivity index (χ0) is 22.6. The first-order chi connectivity index (χ1) is 15.4. The summed E-state index contributed by atoms with van der Waals surface area (Å²) in [7, 11) is 0. The molecule has 0 saturated carbocycles. The molecule has 1 aromatic heterocycles. The third-order valence-electron chi connectivity index (χ3n) is 6.26. The number of hydrogen-bond acceptors (Lipinski definition) is 3. The zero-order valence-electron chi connectivity index (χ0n) is 19.1. The lowest BCUT2D eigenvalue weighted by Crippen LogP contribution is -3.00. The topological polar surface area (TPSA) is 30.5 Å². The smallest absolute Gasteiger partial charge is 0.325 e. The Hall–Kier alpha value is -1.90. The van der Waals surface area contributed by atoms with Crippen LogP contribution in [0.15, 0.2) is 42.3 Å². The van der Waals surface area contributed by atoms with Crippen LogP contribution in [0.3, 0.4) is 0 Å². The highest BCUT2D eigenvalue weighted by molar-refractivity contribution is 6.42. The van der Waals surface area contributed by atoms with Crippen molar-refractivity contribution in [3.05, 3.63) is 69.3 Å². The van der Waals surface area contributed by atoms with Gasteiger partial charge in [-0.3, -0.25) is 0 Å². The molecule has 0 unspecified atom stereocenters. The van der Waals surface area contributed by atoms with Gasteiger partial charge in [-0.1, -0.05) is 23.2 Å². The molecule has 0 fully saturated rings. The maximum atomic E-state index is 6.33. The number of fused-ring (bicyclic) bond motifs is 4. The van der Waals surface area contributed by atoms with Crippen LogP contribution in [-0.2, 0) is 17.8 Å². The third kappa shape index (κ3) is 4.00. The molecule has 5 nitrogen and oxygen atoms in total. The molecule has 3 aromatic rings. The van der Waals surface area contributed by atoms with Gasteiger partial charge in [0.25, 0.3) is 0 Å². The van der Waals surface area contributed by atoms with Crippen molar-refractivity contribution in [2.45, 2.75) is 40.8 Å². The number of anilines is 1. The molecule has 2 aliphatic heterocycles. The van der Waals surface area contributed by atoms with Crippen LogP contribution < -0.4 is 38.2 Å². The molecule has 0 bridgehead atoms. The molecular weight excluding hydrogens is 572 g/mol. The van der Waals surface area contributed by atoms with E-state index in [2.05, 4.69) is 53.9 Å². The Bertz CT molecular complexity index is 1270. The summed E-state index contributed by atoms with van der Waals surface area (Å²) >= 11 is 12.7. The van der Waals surface area contributed by atoms with E-state index in [1.54, 1.807) is 0 Å². The van der Waals surface area contributed by atoms with Crippen molar-refractivity contribution >= 4 is 45.7 Å². The Morgan fingerprint density at radius 3 is 2.48 bits per heavy atom. The Balaban J connectivity index is 0.00000259. The number of imidazole rings is 1. The highest BCUT2D eigenvalue weighted by atomic mass is 127. The summed E-state index contributed by atoms with van der Waals surface area (Å²) in [6, 6.07) is 8.17. The van der Waals surface area contributed by atoms with Crippen LogP contribution in [0.25, 0.3) is 16.8 Å². The van der Waals surface area contributed by atoms with Gasteiger partial charge in [-0.25, -0.2) is 9.13 Å². The number of aromatic nitrogens is 2. The van der Waals surface area contributed by atoms with E-state index < -0.39 is 0 Å². The van der Waals surface area contributed by atoms with Gasteiger partial charge in [-0.05, 0) is 57.0 Å². The number of nitrogens with zero attached hydrogens (tertiary/aromatic N) is 3. The normalized spacial score (nSPS) is 17.1. The first kappa shape index (κ1) is 24.2. The van der Waals surface area contributed by atoms with Crippen LogP contribution in [-0.4, -0.2) is 17.7 Å². The van der Waals surface area contributed by atoms with Crippen LogP contribution in [0.1, 0.15) is 30.8 Å². The summed E-state index contributed by atoms with van der Waals surface area (Å²) in [6.45, 7) is 11.4. The van der Waals surface area contributed by atoms with E-state index in [-0.39, 0.29) is 24.0 Å². The Labute approximate surface area is 221 Å². The average molecular weight is 598 g/mol. The number of hydrogen-bond donors (Lipinski definition) is 0. The molecule has 2 aliphatic rings. The summed E-state index contributed by atoms with van der Waals surface area (Å²) in [5, 5.41) is 1.11. The molecule has 174 valence electrons. The van der Waals surface area contributed by atoms with E-state index in [0.29, 0.717) is 16.7 Å². The first-order valence-electron chi connectivity index (χ1n) is 11.0. The summed E-state index contributed by atoms with van der Waals surface area (Å²) in [5.41, 5.74) is 5.69. The summed E-state index contributed by atoms with van der Waals surface area (Å²) in [5.74, 6) is 3.50. The van der Waals surface area contributed by atoms with Gasteiger partial charge in [0.2, 0.25) is 11.6 Å². The van der Waals surface area contributed by atoms with E-state index in [1.165, 1.54) is 11.1 Å². The average Bonchev–Trinajstić information content (AvgIpc) is 3.27. The maximum Gasteiger partial charge on any atom is 0.325 e. The highest BCUT2D eigenvalue weighted by Crippen LogP contribution is 2.41. The summed E-state index contributed by atoms with van der Waals surface area (Å²) in [4.78, 5) is 2.19. The fourth-order valence-electron chi connectivity index (χ4n) is 4.53. The molecule has 0 atom stereocenters. The fourth-order valence-corrected chi connectivity index (χ4v) is 4.85. The van der Waals surface area contributed by atoms with Crippen LogP contribution >= 0.6 is 23.2 Å². The molecule has 0 saturated heterocycles. The second-order valence-electron chi connectivity index (χ2n) is 8.11. The minimum absolute atomic E-state index is 0. The Morgan fingerprint density at radius 2 is 1.76 bits per heavy atom. The van der Waals surface area contributed by atoms with E-state index in [1.807, 2.05) is 24.3 Å². The standard InChI is InChI=1S/C25H26Cl2N3O2.HI/c1-5-28-21-11-15(3)16(4)12-23(21)32-24(28)8-7-22-25-29(6-2)19-13-17(26)18(27)14-20(19)30(25)9-10-31-22;/h7-8,11-14H,5-6,9-10H2,1-4H3;1H/q+1;/p-1. The molecule has 33 heavy (non-hydrogen) atoms. The van der Waals surface area contributed by atoms with Gasteiger partial charge in [0.1, 0.15) is 13.2 Å². The fraction of sp³-hybridized carbons (Fsp3) is 0.320. The predicted molar refractivity (Wildman–Crippen MR) is 129 cm³/mol. The molecule has 0 amide bonds. The van der Waals surface area contributed by atoms with Crippen LogP contribution in [0, 0.1) is 13.8 Å². The lowest BCUT2D eigenvalue weighted by molar-refractivity contribution is -0.672. The number of ether oxygens (including phenoxy) is 2. The van der Waals surface area contributed by atoms with Crippen LogP contribution in [0.4, 0.5) is 5.69 Å². The van der Waals surface area contributed by atoms with Crippen molar-refractivity contribution in [3.8, 4) is 5.75 Å². The molecule has 8 heteroatoms. The quantitative estimate of drug-likeness (QED) is 0.344. The minimum Gasteiger partial charge on any atom is -1.00 e. The second-order valence-corrected chi connectivity index (χ2v) is 8.92. The van der Waals surface area contributed by atoms with Gasteiger partial charge < -0.3 is 38.4 Å². The Morgan fingerprint density at radius 1 is 1.03 bits per heavy atom. The molecule has 0 radical (unpaired) electrons. The highest BCUT2D eigenvalue weighted by Gasteiger charge is 2.33. The monoisotopic (exact) mass is 597 g/mol. The van der Waals surface area contributed by atoms with E-state index in [9.17, 15) is 0 Å². The number of benzene rings is 2. The largest absolute Gasteiger partial charge is 1.00 e. The van der Waals surface area contributed by atoms with E-state index in [0.717, 1.165) is 59.6 Å². The lowest BCUT2D eigenvalue weighted by atomic mass is 10.1. The first-order valence-corrected chi connectivity index (χ1v) is 11.7. The predicted octanol–water partition coefficient (Wildman–Crippen LogP) is 3.01. The maximum absolute atomic E-state index is 6.33. The number of halogens is 3. The molecule has 2 aromatic carbocycles. The molecule has 3 heterocycles. The molecule has 0 N–H and O–H groups in total. The van der Waals surface area contributed by atoms with Crippen LogP contribution in [0.2, 0.25) is 10.0 Å². The minimum atomic E-state index is 0. The molecule has 0 spiro atoms. The van der Waals surface area contributed by atoms with Gasteiger partial charge in [-0.15, -0.1) is 0 Å². The van der Waals surface area contributed by atoms with Crippen molar-refractivity contribution < 1.29 is 38.0 Å². The zero-order valence-corrected chi connectivity index (χ0v) is 22.8. The number of aryl methyl sites for hydroxylation is 3. The number of allylic oxidation sites excluding steroid dienone is 2. The van der Waals surface area contributed by atoms with Gasteiger partial charge in [0.15, 0.2) is 16.8 Å². The lowest BCUT2D eigenvalue weighted by Gasteiger charge is -2.17. The van der Waals surface area contributed by atoms with Crippen molar-refractivity contribution in [3.63, 3.8) is 0 Å². The number of rotatable bonds is 3. The van der Waals surface area contributed by atoms with Crippen molar-refractivity contribution in [1.82, 2.24) is 4.57 Å². The molecule has 5 rings (SSSR count). The molecule has 0 aliphatic carbocycles. The van der Waals surface area contributed by atoms with Gasteiger partial charge in [-0.2, -0.15) is 0 Å². The summed E-state index contributed by atoms with van der Waals surface area (Å²) in [6.07, 6.45) is 4.00. The SMILES string of the molecule is CCN1C(=CC=C2OCCn3c2[n+](CC)c2cc(Cl)c(Cl)cc23)Oc2cc(C)c(C)cc21.[I-]. The van der Waals surface area contributed by atoms with E-state index in [4.69, 9.17) is 32.7 Å². The van der Waals surface area contributed by atoms with E-state index >= 15 is 0 Å². The molecular formula is C25H26Cl2IN3O2. The van der Waals surface area contributed by atoms with Crippen LogP contribution in [0.5, 0.6) is 5.75 Å². The Kier molecular flexibility index (Phi) is 6.90. The van der Waals surface area contributed by atoms with Crippen molar-refractivity contribution in [2.24, 2.45) is 0 Å². The third-order valence-corrected chi connectivity index (χ3v) is 6.98.